The lowest BCUT2D eigenvalue weighted by Crippen LogP contribution is -2.51. The summed E-state index contributed by atoms with van der Waals surface area (Å²) in [6, 6.07) is 15.4. The van der Waals surface area contributed by atoms with Crippen molar-refractivity contribution in [1.82, 2.24) is 15.3 Å². The summed E-state index contributed by atoms with van der Waals surface area (Å²) >= 11 is 0. The van der Waals surface area contributed by atoms with E-state index in [-0.39, 0.29) is 23.9 Å². The maximum absolute atomic E-state index is 16.4. The Bertz CT molecular complexity index is 1530. The number of hydrogen-bond donors (Lipinski definition) is 3. The van der Waals surface area contributed by atoms with E-state index in [1.807, 2.05) is 30.3 Å². The van der Waals surface area contributed by atoms with Crippen LogP contribution in [-0.4, -0.2) is 57.6 Å². The summed E-state index contributed by atoms with van der Waals surface area (Å²) in [7, 11) is 0. The summed E-state index contributed by atoms with van der Waals surface area (Å²) in [5, 5.41) is 27.2. The van der Waals surface area contributed by atoms with Crippen molar-refractivity contribution in [1.29, 1.82) is 0 Å². The molecule has 3 aliphatic rings. The number of nitrogens with zero attached hydrogens (tertiary/aromatic N) is 3. The van der Waals surface area contributed by atoms with Gasteiger partial charge in [-0.2, -0.15) is 9.97 Å². The smallest absolute Gasteiger partial charge is 0.319 e. The van der Waals surface area contributed by atoms with Crippen LogP contribution in [0.5, 0.6) is 11.8 Å². The maximum Gasteiger partial charge on any atom is 0.319 e. The van der Waals surface area contributed by atoms with E-state index in [4.69, 9.17) is 9.72 Å². The number of phenols is 1. The van der Waals surface area contributed by atoms with Gasteiger partial charge in [-0.05, 0) is 60.2 Å². The van der Waals surface area contributed by atoms with Crippen LogP contribution in [0.1, 0.15) is 38.5 Å². The summed E-state index contributed by atoms with van der Waals surface area (Å²) in [6.45, 7) is 1.66. The second-order valence-corrected chi connectivity index (χ2v) is 11.1. The van der Waals surface area contributed by atoms with Gasteiger partial charge in [0.15, 0.2) is 5.82 Å². The molecule has 2 atom stereocenters. The van der Waals surface area contributed by atoms with Crippen LogP contribution in [0.4, 0.5) is 10.2 Å². The third-order valence-corrected chi connectivity index (χ3v) is 8.42. The summed E-state index contributed by atoms with van der Waals surface area (Å²) in [6.07, 6.45) is 5.51. The highest BCUT2D eigenvalue weighted by Gasteiger charge is 2.35. The zero-order valence-electron chi connectivity index (χ0n) is 21.2. The Kier molecular flexibility index (Phi) is 5.63. The van der Waals surface area contributed by atoms with E-state index in [1.165, 1.54) is 0 Å². The first kappa shape index (κ1) is 23.6. The number of aliphatic hydroxyl groups is 1. The van der Waals surface area contributed by atoms with E-state index < -0.39 is 11.4 Å². The second kappa shape index (κ2) is 9.06. The SMILES string of the molecule is Oc1cc(-c2ccc3c(N4CC5CCC(C4)N5)nc(OCC4(O)CCCC4)nc3c2F)c2ccccc2c1. The molecule has 0 amide bonds. The minimum Gasteiger partial charge on any atom is -0.508 e. The quantitative estimate of drug-likeness (QED) is 0.348. The van der Waals surface area contributed by atoms with Crippen LogP contribution in [-0.2, 0) is 0 Å². The van der Waals surface area contributed by atoms with E-state index in [9.17, 15) is 10.2 Å². The predicted molar refractivity (Wildman–Crippen MR) is 145 cm³/mol. The topological polar surface area (TPSA) is 90.7 Å². The molecule has 8 heteroatoms. The standard InChI is InChI=1S/C30H31FN4O3/c31-26-23(25-14-21(36)13-18-5-1-2-6-22(18)25)9-10-24-27(26)33-29(38-17-30(37)11-3-4-12-30)34-28(24)35-15-19-7-8-20(16-35)32-19/h1-2,5-6,9-10,13-14,19-20,32,36-37H,3-4,7-8,11-12,15-17H2. The molecule has 3 fully saturated rings. The Morgan fingerprint density at radius 2 is 1.74 bits per heavy atom. The molecule has 1 aromatic heterocycles. The minimum atomic E-state index is -0.895. The Hall–Kier alpha value is -3.49. The summed E-state index contributed by atoms with van der Waals surface area (Å²) in [4.78, 5) is 11.5. The van der Waals surface area contributed by atoms with Gasteiger partial charge >= 0.3 is 6.01 Å². The molecule has 4 aromatic rings. The average molecular weight is 515 g/mol. The number of rotatable bonds is 5. The first-order valence-electron chi connectivity index (χ1n) is 13.5. The highest BCUT2D eigenvalue weighted by atomic mass is 19.1. The molecule has 7 rings (SSSR count). The number of aromatic nitrogens is 2. The van der Waals surface area contributed by atoms with Crippen LogP contribution in [0, 0.1) is 5.82 Å². The van der Waals surface area contributed by atoms with Gasteiger partial charge < -0.3 is 25.2 Å². The normalized spacial score (nSPS) is 22.4. The van der Waals surface area contributed by atoms with Crippen molar-refractivity contribution in [2.75, 3.05) is 24.6 Å². The monoisotopic (exact) mass is 514 g/mol. The van der Waals surface area contributed by atoms with Gasteiger partial charge in [0.2, 0.25) is 0 Å². The van der Waals surface area contributed by atoms with Crippen LogP contribution in [0.3, 0.4) is 0 Å². The van der Waals surface area contributed by atoms with Crippen LogP contribution >= 0.6 is 0 Å². The van der Waals surface area contributed by atoms with E-state index in [0.29, 0.717) is 47.3 Å². The second-order valence-electron chi connectivity index (χ2n) is 11.1. The van der Waals surface area contributed by atoms with Crippen molar-refractivity contribution < 1.29 is 19.3 Å². The van der Waals surface area contributed by atoms with E-state index in [1.54, 1.807) is 18.2 Å². The van der Waals surface area contributed by atoms with Crippen molar-refractivity contribution >= 4 is 27.5 Å². The predicted octanol–water partition coefficient (Wildman–Crippen LogP) is 4.92. The average Bonchev–Trinajstić information content (AvgIpc) is 3.51. The van der Waals surface area contributed by atoms with Crippen molar-refractivity contribution in [2.45, 2.75) is 56.2 Å². The highest BCUT2D eigenvalue weighted by molar-refractivity contribution is 6.01. The number of anilines is 1. The molecule has 38 heavy (non-hydrogen) atoms. The number of piperazine rings is 1. The van der Waals surface area contributed by atoms with Gasteiger partial charge in [0, 0.05) is 36.1 Å². The van der Waals surface area contributed by atoms with Crippen LogP contribution in [0.2, 0.25) is 0 Å². The highest BCUT2D eigenvalue weighted by Crippen LogP contribution is 2.39. The summed E-state index contributed by atoms with van der Waals surface area (Å²) in [5.74, 6) is 0.254. The molecular weight excluding hydrogens is 483 g/mol. The largest absolute Gasteiger partial charge is 0.508 e. The number of fused-ring (bicyclic) bond motifs is 4. The van der Waals surface area contributed by atoms with Gasteiger partial charge in [0.1, 0.15) is 23.7 Å². The molecule has 2 unspecified atom stereocenters. The van der Waals surface area contributed by atoms with Gasteiger partial charge in [0.05, 0.1) is 5.60 Å². The van der Waals surface area contributed by atoms with Gasteiger partial charge in [-0.1, -0.05) is 43.2 Å². The van der Waals surface area contributed by atoms with E-state index >= 15 is 4.39 Å². The minimum absolute atomic E-state index is 0.0756. The fraction of sp³-hybridized carbons (Fsp3) is 0.400. The first-order chi connectivity index (χ1) is 18.5. The fourth-order valence-corrected chi connectivity index (χ4v) is 6.50. The fourth-order valence-electron chi connectivity index (χ4n) is 6.50. The zero-order chi connectivity index (χ0) is 25.9. The molecule has 3 heterocycles. The Morgan fingerprint density at radius 1 is 0.974 bits per heavy atom. The molecule has 0 radical (unpaired) electrons. The summed E-state index contributed by atoms with van der Waals surface area (Å²) < 4.78 is 22.4. The third kappa shape index (κ3) is 4.12. The Morgan fingerprint density at radius 3 is 2.53 bits per heavy atom. The summed E-state index contributed by atoms with van der Waals surface area (Å²) in [5.41, 5.74) is 0.241. The molecule has 7 nitrogen and oxygen atoms in total. The molecule has 3 N–H and O–H groups in total. The van der Waals surface area contributed by atoms with Crippen LogP contribution < -0.4 is 15.0 Å². The molecule has 1 aliphatic carbocycles. The van der Waals surface area contributed by atoms with Crippen molar-refractivity contribution in [3.63, 3.8) is 0 Å². The van der Waals surface area contributed by atoms with Crippen LogP contribution in [0.25, 0.3) is 32.8 Å². The number of benzene rings is 3. The van der Waals surface area contributed by atoms with Gasteiger partial charge in [-0.3, -0.25) is 0 Å². The maximum atomic E-state index is 16.4. The number of halogens is 1. The lowest BCUT2D eigenvalue weighted by atomic mass is 9.96. The molecule has 1 saturated carbocycles. The van der Waals surface area contributed by atoms with Gasteiger partial charge in [-0.15, -0.1) is 0 Å². The van der Waals surface area contributed by atoms with Gasteiger partial charge in [0.25, 0.3) is 0 Å². The molecule has 2 bridgehead atoms. The molecule has 0 spiro atoms. The Balaban J connectivity index is 1.37. The van der Waals surface area contributed by atoms with Crippen molar-refractivity contribution in [2.24, 2.45) is 0 Å². The number of phenolic OH excluding ortho intramolecular Hbond substituents is 1. The number of aromatic hydroxyl groups is 1. The lowest BCUT2D eigenvalue weighted by Gasteiger charge is -2.34. The molecule has 2 saturated heterocycles. The number of nitrogens with one attached hydrogen (secondary N) is 1. The van der Waals surface area contributed by atoms with E-state index in [2.05, 4.69) is 15.2 Å². The van der Waals surface area contributed by atoms with Gasteiger partial charge in [-0.25, -0.2) is 4.39 Å². The molecule has 196 valence electrons. The number of ether oxygens (including phenoxy) is 1. The van der Waals surface area contributed by atoms with Crippen LogP contribution in [0.15, 0.2) is 48.5 Å². The third-order valence-electron chi connectivity index (χ3n) is 8.42. The van der Waals surface area contributed by atoms with E-state index in [0.717, 1.165) is 49.5 Å². The first-order valence-corrected chi connectivity index (χ1v) is 13.5. The zero-order valence-corrected chi connectivity index (χ0v) is 21.2. The van der Waals surface area contributed by atoms with Crippen molar-refractivity contribution in [3.05, 3.63) is 54.3 Å². The molecule has 3 aromatic carbocycles. The lowest BCUT2D eigenvalue weighted by molar-refractivity contribution is -0.00139. The molecular formula is C30H31FN4O3. The molecule has 2 aliphatic heterocycles. The van der Waals surface area contributed by atoms with Crippen molar-refractivity contribution in [3.8, 4) is 22.9 Å². The number of hydrogen-bond acceptors (Lipinski definition) is 7. The Labute approximate surface area is 220 Å².